The zero-order chi connectivity index (χ0) is 20.8. The molecule has 8 heteroatoms. The average Bonchev–Trinajstić information content (AvgIpc) is 2.77. The molecular formula is C21H20N2O6. The molecule has 0 N–H and O–H groups in total. The highest BCUT2D eigenvalue weighted by Gasteiger charge is 2.27. The number of para-hydroxylation sites is 1. The van der Waals surface area contributed by atoms with Crippen molar-refractivity contribution in [1.29, 1.82) is 0 Å². The van der Waals surface area contributed by atoms with Crippen molar-refractivity contribution in [2.45, 2.75) is 12.8 Å². The summed E-state index contributed by atoms with van der Waals surface area (Å²) in [5.74, 6) is -0.572. The largest absolute Gasteiger partial charge is 0.497 e. The number of esters is 1. The first-order chi connectivity index (χ1) is 14.0. The SMILES string of the molecule is COc1ccc(OC)c(C(=O)COC(=O)C2=NN(c3ccccc3)C(=O)CC2)c1. The molecule has 3 rings (SSSR count). The number of nitrogens with zero attached hydrogens (tertiary/aromatic N) is 2. The fourth-order valence-electron chi connectivity index (χ4n) is 2.80. The molecule has 2 aromatic rings. The lowest BCUT2D eigenvalue weighted by Gasteiger charge is -2.22. The molecule has 0 saturated heterocycles. The van der Waals surface area contributed by atoms with Crippen molar-refractivity contribution in [3.05, 3.63) is 54.1 Å². The van der Waals surface area contributed by atoms with Gasteiger partial charge in [-0.25, -0.2) is 9.80 Å². The van der Waals surface area contributed by atoms with Crippen LogP contribution in [0.5, 0.6) is 11.5 Å². The summed E-state index contributed by atoms with van der Waals surface area (Å²) in [6.45, 7) is -0.485. The highest BCUT2D eigenvalue weighted by molar-refractivity contribution is 6.38. The van der Waals surface area contributed by atoms with E-state index < -0.39 is 18.4 Å². The standard InChI is InChI=1S/C21H20N2O6/c1-27-15-8-10-19(28-2)16(12-15)18(24)13-29-21(26)17-9-11-20(25)23(22-17)14-6-4-3-5-7-14/h3-8,10,12H,9,11,13H2,1-2H3. The maximum absolute atomic E-state index is 12.5. The Morgan fingerprint density at radius 2 is 1.79 bits per heavy atom. The van der Waals surface area contributed by atoms with Crippen molar-refractivity contribution in [2.24, 2.45) is 5.10 Å². The molecule has 0 spiro atoms. The zero-order valence-corrected chi connectivity index (χ0v) is 16.1. The molecule has 29 heavy (non-hydrogen) atoms. The van der Waals surface area contributed by atoms with Gasteiger partial charge in [-0.1, -0.05) is 18.2 Å². The van der Waals surface area contributed by atoms with E-state index in [-0.39, 0.29) is 30.0 Å². The highest BCUT2D eigenvalue weighted by atomic mass is 16.5. The molecule has 1 aliphatic heterocycles. The Morgan fingerprint density at radius 3 is 2.48 bits per heavy atom. The van der Waals surface area contributed by atoms with E-state index in [1.54, 1.807) is 36.4 Å². The van der Waals surface area contributed by atoms with E-state index in [1.165, 1.54) is 25.3 Å². The Hall–Kier alpha value is -3.68. The third-order valence-corrected chi connectivity index (χ3v) is 4.31. The summed E-state index contributed by atoms with van der Waals surface area (Å²) in [4.78, 5) is 37.0. The minimum atomic E-state index is -0.742. The molecule has 0 aliphatic carbocycles. The van der Waals surface area contributed by atoms with E-state index in [2.05, 4.69) is 5.10 Å². The van der Waals surface area contributed by atoms with E-state index in [0.717, 1.165) is 0 Å². The van der Waals surface area contributed by atoms with Gasteiger partial charge in [0.2, 0.25) is 11.7 Å². The fraction of sp³-hybridized carbons (Fsp3) is 0.238. The van der Waals surface area contributed by atoms with E-state index in [4.69, 9.17) is 14.2 Å². The molecule has 8 nitrogen and oxygen atoms in total. The molecule has 0 aromatic heterocycles. The number of amides is 1. The number of hydrazone groups is 1. The molecule has 0 radical (unpaired) electrons. The second-order valence-electron chi connectivity index (χ2n) is 6.15. The zero-order valence-electron chi connectivity index (χ0n) is 16.1. The first-order valence-electron chi connectivity index (χ1n) is 8.91. The van der Waals surface area contributed by atoms with Crippen molar-refractivity contribution < 1.29 is 28.6 Å². The number of hydrogen-bond acceptors (Lipinski definition) is 7. The topological polar surface area (TPSA) is 94.5 Å². The van der Waals surface area contributed by atoms with Crippen LogP contribution in [0.2, 0.25) is 0 Å². The van der Waals surface area contributed by atoms with Gasteiger partial charge in [0.05, 0.1) is 25.5 Å². The summed E-state index contributed by atoms with van der Waals surface area (Å²) >= 11 is 0. The Bertz CT molecular complexity index is 955. The van der Waals surface area contributed by atoms with Gasteiger partial charge in [0.1, 0.15) is 17.2 Å². The predicted molar refractivity (Wildman–Crippen MR) is 105 cm³/mol. The summed E-state index contributed by atoms with van der Waals surface area (Å²) in [6.07, 6.45) is 0.276. The van der Waals surface area contributed by atoms with Crippen LogP contribution < -0.4 is 14.5 Å². The van der Waals surface area contributed by atoms with Crippen molar-refractivity contribution in [2.75, 3.05) is 25.8 Å². The van der Waals surface area contributed by atoms with Crippen LogP contribution in [-0.4, -0.2) is 44.2 Å². The molecule has 0 fully saturated rings. The Kier molecular flexibility index (Phi) is 6.23. The van der Waals surface area contributed by atoms with Gasteiger partial charge in [-0.3, -0.25) is 9.59 Å². The molecule has 1 heterocycles. The molecule has 1 amide bonds. The van der Waals surface area contributed by atoms with Crippen molar-refractivity contribution in [1.82, 2.24) is 0 Å². The third-order valence-electron chi connectivity index (χ3n) is 4.31. The van der Waals surface area contributed by atoms with Crippen molar-refractivity contribution >= 4 is 29.1 Å². The summed E-state index contributed by atoms with van der Waals surface area (Å²) in [5.41, 5.74) is 0.880. The number of anilines is 1. The maximum atomic E-state index is 12.5. The van der Waals surface area contributed by atoms with Gasteiger partial charge in [0.15, 0.2) is 6.61 Å². The summed E-state index contributed by atoms with van der Waals surface area (Å²) in [5, 5.41) is 5.29. The Morgan fingerprint density at radius 1 is 1.03 bits per heavy atom. The lowest BCUT2D eigenvalue weighted by Crippen LogP contribution is -2.35. The number of ketones is 1. The lowest BCUT2D eigenvalue weighted by molar-refractivity contribution is -0.134. The van der Waals surface area contributed by atoms with Crippen LogP contribution in [0.15, 0.2) is 53.6 Å². The molecule has 1 aliphatic rings. The summed E-state index contributed by atoms with van der Waals surface area (Å²) in [7, 11) is 2.92. The number of benzene rings is 2. The maximum Gasteiger partial charge on any atom is 0.354 e. The summed E-state index contributed by atoms with van der Waals surface area (Å²) < 4.78 is 15.4. The van der Waals surface area contributed by atoms with Crippen LogP contribution in [0.1, 0.15) is 23.2 Å². The monoisotopic (exact) mass is 396 g/mol. The average molecular weight is 396 g/mol. The van der Waals surface area contributed by atoms with Gasteiger partial charge < -0.3 is 14.2 Å². The summed E-state index contributed by atoms with van der Waals surface area (Å²) in [6, 6.07) is 13.6. The minimum absolute atomic E-state index is 0.0823. The second-order valence-corrected chi connectivity index (χ2v) is 6.15. The van der Waals surface area contributed by atoms with Crippen molar-refractivity contribution in [3.8, 4) is 11.5 Å². The number of carbonyl (C=O) groups excluding carboxylic acids is 3. The van der Waals surface area contributed by atoms with Crippen LogP contribution in [0.4, 0.5) is 5.69 Å². The van der Waals surface area contributed by atoms with Gasteiger partial charge >= 0.3 is 5.97 Å². The number of ether oxygens (including phenoxy) is 3. The van der Waals surface area contributed by atoms with Crippen LogP contribution in [0.25, 0.3) is 0 Å². The van der Waals surface area contributed by atoms with Gasteiger partial charge in [0.25, 0.3) is 0 Å². The van der Waals surface area contributed by atoms with E-state index in [1.807, 2.05) is 6.07 Å². The van der Waals surface area contributed by atoms with Gasteiger partial charge in [-0.05, 0) is 30.3 Å². The van der Waals surface area contributed by atoms with E-state index in [9.17, 15) is 14.4 Å². The van der Waals surface area contributed by atoms with Gasteiger partial charge in [-0.2, -0.15) is 5.10 Å². The highest BCUT2D eigenvalue weighted by Crippen LogP contribution is 2.25. The van der Waals surface area contributed by atoms with Crippen LogP contribution in [0.3, 0.4) is 0 Å². The van der Waals surface area contributed by atoms with Gasteiger partial charge in [0, 0.05) is 12.8 Å². The smallest absolute Gasteiger partial charge is 0.354 e. The molecule has 0 unspecified atom stereocenters. The van der Waals surface area contributed by atoms with Crippen LogP contribution in [-0.2, 0) is 14.3 Å². The van der Waals surface area contributed by atoms with Crippen LogP contribution >= 0.6 is 0 Å². The number of rotatable bonds is 7. The minimum Gasteiger partial charge on any atom is -0.497 e. The Labute approximate surface area is 167 Å². The molecular weight excluding hydrogens is 376 g/mol. The quantitative estimate of drug-likeness (QED) is 0.527. The fourth-order valence-corrected chi connectivity index (χ4v) is 2.80. The first-order valence-corrected chi connectivity index (χ1v) is 8.91. The third kappa shape index (κ3) is 4.60. The molecule has 0 bridgehead atoms. The molecule has 0 saturated carbocycles. The van der Waals surface area contributed by atoms with E-state index in [0.29, 0.717) is 17.2 Å². The number of Topliss-reactive ketones (excluding diaryl/α,β-unsaturated/α-hetero) is 1. The Balaban J connectivity index is 1.70. The lowest BCUT2D eigenvalue weighted by atomic mass is 10.1. The first kappa shape index (κ1) is 20.1. The van der Waals surface area contributed by atoms with Crippen molar-refractivity contribution in [3.63, 3.8) is 0 Å². The van der Waals surface area contributed by atoms with Crippen LogP contribution in [0, 0.1) is 0 Å². The number of carbonyl (C=O) groups is 3. The molecule has 0 atom stereocenters. The normalized spacial score (nSPS) is 13.5. The number of hydrogen-bond donors (Lipinski definition) is 0. The predicted octanol–water partition coefficient (Wildman–Crippen LogP) is 2.61. The van der Waals surface area contributed by atoms with Gasteiger partial charge in [-0.15, -0.1) is 0 Å². The van der Waals surface area contributed by atoms with E-state index >= 15 is 0 Å². The number of methoxy groups -OCH3 is 2. The molecule has 150 valence electrons. The second kappa shape index (κ2) is 9.01. The molecule has 2 aromatic carbocycles.